The predicted molar refractivity (Wildman–Crippen MR) is 83.2 cm³/mol. The average molecular weight is 289 g/mol. The zero-order valence-electron chi connectivity index (χ0n) is 12.9. The molecule has 4 heteroatoms. The third-order valence-electron chi connectivity index (χ3n) is 3.14. The van der Waals surface area contributed by atoms with Gasteiger partial charge in [0.2, 0.25) is 0 Å². The van der Waals surface area contributed by atoms with Crippen LogP contribution in [-0.4, -0.2) is 37.4 Å². The molecule has 0 aliphatic heterocycles. The number of aryl methyl sites for hydroxylation is 1. The second-order valence-corrected chi connectivity index (χ2v) is 4.84. The summed E-state index contributed by atoms with van der Waals surface area (Å²) in [5.74, 6) is 5.77. The van der Waals surface area contributed by atoms with Gasteiger partial charge in [0.1, 0.15) is 0 Å². The number of hydrogen-bond donors (Lipinski definition) is 2. The first kappa shape index (κ1) is 17.2. The second-order valence-electron chi connectivity index (χ2n) is 4.84. The van der Waals surface area contributed by atoms with Crippen molar-refractivity contribution in [1.82, 2.24) is 5.32 Å². The molecule has 0 heterocycles. The summed E-state index contributed by atoms with van der Waals surface area (Å²) >= 11 is 0. The molecule has 0 saturated carbocycles. The van der Waals surface area contributed by atoms with Crippen LogP contribution in [0.15, 0.2) is 18.2 Å². The highest BCUT2D eigenvalue weighted by molar-refractivity contribution is 5.94. The number of carbonyl (C=O) groups is 1. The lowest BCUT2D eigenvalue weighted by atomic mass is 10.0. The van der Waals surface area contributed by atoms with E-state index in [1.807, 2.05) is 26.0 Å². The minimum absolute atomic E-state index is 0.0202. The molecule has 0 aliphatic rings. The Hall–Kier alpha value is -1.83. The number of rotatable bonds is 6. The maximum Gasteiger partial charge on any atom is 0.251 e. The number of ether oxygens (including phenoxy) is 1. The van der Waals surface area contributed by atoms with E-state index in [2.05, 4.69) is 17.2 Å². The van der Waals surface area contributed by atoms with Crippen molar-refractivity contribution in [1.29, 1.82) is 0 Å². The highest BCUT2D eigenvalue weighted by atomic mass is 16.5. The maximum atomic E-state index is 12.2. The number of aliphatic hydroxyl groups excluding tert-OH is 1. The number of aliphatic hydroxyl groups is 1. The van der Waals surface area contributed by atoms with Crippen LogP contribution < -0.4 is 5.32 Å². The normalized spacial score (nSPS) is 11.4. The average Bonchev–Trinajstić information content (AvgIpc) is 2.48. The van der Waals surface area contributed by atoms with E-state index < -0.39 is 0 Å². The molecular formula is C17H23NO3. The molecule has 4 nitrogen and oxygen atoms in total. The molecule has 0 aromatic heterocycles. The monoisotopic (exact) mass is 289 g/mol. The molecular weight excluding hydrogens is 266 g/mol. The van der Waals surface area contributed by atoms with Crippen LogP contribution in [0.5, 0.6) is 0 Å². The molecule has 114 valence electrons. The lowest BCUT2D eigenvalue weighted by molar-refractivity contribution is 0.0894. The summed E-state index contributed by atoms with van der Waals surface area (Å²) in [6, 6.07) is 5.46. The van der Waals surface area contributed by atoms with Crippen LogP contribution in [0.4, 0.5) is 0 Å². The fourth-order valence-electron chi connectivity index (χ4n) is 1.89. The molecule has 1 aromatic carbocycles. The first-order valence-electron chi connectivity index (χ1n) is 7.12. The number of amides is 1. The van der Waals surface area contributed by atoms with Gasteiger partial charge in [0.15, 0.2) is 0 Å². The van der Waals surface area contributed by atoms with Crippen molar-refractivity contribution in [3.05, 3.63) is 34.9 Å². The maximum absolute atomic E-state index is 12.2. The van der Waals surface area contributed by atoms with E-state index in [-0.39, 0.29) is 18.6 Å². The summed E-state index contributed by atoms with van der Waals surface area (Å²) in [7, 11) is 1.62. The fraction of sp³-hybridized carbons (Fsp3) is 0.471. The number of nitrogens with one attached hydrogen (secondary N) is 1. The molecule has 0 radical (unpaired) electrons. The number of benzene rings is 1. The second kappa shape index (κ2) is 9.17. The molecule has 0 fully saturated rings. The van der Waals surface area contributed by atoms with Crippen LogP contribution in [0.2, 0.25) is 0 Å². The fourth-order valence-corrected chi connectivity index (χ4v) is 1.89. The van der Waals surface area contributed by atoms with Crippen LogP contribution in [0.25, 0.3) is 0 Å². The quantitative estimate of drug-likeness (QED) is 0.786. The SMILES string of the molecule is CCC(COC)NC(=O)c1ccc(C#CCCO)c(C)c1. The molecule has 1 rings (SSSR count). The summed E-state index contributed by atoms with van der Waals surface area (Å²) in [6.07, 6.45) is 1.28. The van der Waals surface area contributed by atoms with E-state index >= 15 is 0 Å². The molecule has 0 spiro atoms. The Morgan fingerprint density at radius 2 is 2.24 bits per heavy atom. The molecule has 1 amide bonds. The van der Waals surface area contributed by atoms with Gasteiger partial charge in [0.25, 0.3) is 5.91 Å². The third kappa shape index (κ3) is 5.58. The molecule has 2 N–H and O–H groups in total. The van der Waals surface area contributed by atoms with Crippen LogP contribution >= 0.6 is 0 Å². The summed E-state index contributed by atoms with van der Waals surface area (Å²) < 4.78 is 5.08. The lowest BCUT2D eigenvalue weighted by Gasteiger charge is -2.16. The van der Waals surface area contributed by atoms with Crippen molar-refractivity contribution in [3.63, 3.8) is 0 Å². The van der Waals surface area contributed by atoms with Crippen molar-refractivity contribution < 1.29 is 14.6 Å². The van der Waals surface area contributed by atoms with Gasteiger partial charge in [0.05, 0.1) is 19.3 Å². The largest absolute Gasteiger partial charge is 0.395 e. The molecule has 1 atom stereocenters. The van der Waals surface area contributed by atoms with Crippen molar-refractivity contribution in [2.75, 3.05) is 20.3 Å². The van der Waals surface area contributed by atoms with Gasteiger partial charge in [-0.1, -0.05) is 18.8 Å². The Balaban J connectivity index is 2.79. The Bertz CT molecular complexity index is 529. The first-order valence-corrected chi connectivity index (χ1v) is 7.12. The topological polar surface area (TPSA) is 58.6 Å². The summed E-state index contributed by atoms with van der Waals surface area (Å²) in [6.45, 7) is 4.50. The highest BCUT2D eigenvalue weighted by Crippen LogP contribution is 2.10. The molecule has 1 unspecified atom stereocenters. The Labute approximate surface area is 126 Å². The van der Waals surface area contributed by atoms with Crippen molar-refractivity contribution in [2.24, 2.45) is 0 Å². The zero-order chi connectivity index (χ0) is 15.7. The smallest absolute Gasteiger partial charge is 0.251 e. The predicted octanol–water partition coefficient (Wildman–Crippen LogP) is 1.88. The van der Waals surface area contributed by atoms with E-state index in [1.165, 1.54) is 0 Å². The molecule has 21 heavy (non-hydrogen) atoms. The molecule has 1 aromatic rings. The highest BCUT2D eigenvalue weighted by Gasteiger charge is 2.12. The van der Waals surface area contributed by atoms with Crippen molar-refractivity contribution in [2.45, 2.75) is 32.7 Å². The van der Waals surface area contributed by atoms with Crippen LogP contribution in [-0.2, 0) is 4.74 Å². The zero-order valence-corrected chi connectivity index (χ0v) is 12.9. The summed E-state index contributed by atoms with van der Waals surface area (Å²) in [4.78, 5) is 12.2. The van der Waals surface area contributed by atoms with Crippen LogP contribution in [0.3, 0.4) is 0 Å². The molecule has 0 bridgehead atoms. The van der Waals surface area contributed by atoms with Gasteiger partial charge in [-0.2, -0.15) is 0 Å². The van der Waals surface area contributed by atoms with Gasteiger partial charge >= 0.3 is 0 Å². The van der Waals surface area contributed by atoms with E-state index in [1.54, 1.807) is 13.2 Å². The van der Waals surface area contributed by atoms with Crippen molar-refractivity contribution >= 4 is 5.91 Å². The Kier molecular flexibility index (Phi) is 7.52. The van der Waals surface area contributed by atoms with E-state index in [4.69, 9.17) is 9.84 Å². The molecule has 0 aliphatic carbocycles. The third-order valence-corrected chi connectivity index (χ3v) is 3.14. The standard InChI is InChI=1S/C17H23NO3/c1-4-16(12-21-3)18-17(20)15-9-8-14(13(2)11-15)7-5-6-10-19/h8-9,11,16,19H,4,6,10,12H2,1-3H3,(H,18,20). The van der Waals surface area contributed by atoms with Crippen LogP contribution in [0.1, 0.15) is 41.3 Å². The summed E-state index contributed by atoms with van der Waals surface area (Å²) in [5.41, 5.74) is 2.45. The number of methoxy groups -OCH3 is 1. The minimum atomic E-state index is -0.100. The molecule has 0 saturated heterocycles. The first-order chi connectivity index (χ1) is 10.1. The van der Waals surface area contributed by atoms with Gasteiger partial charge in [-0.05, 0) is 37.1 Å². The minimum Gasteiger partial charge on any atom is -0.395 e. The summed E-state index contributed by atoms with van der Waals surface area (Å²) in [5, 5.41) is 11.7. The van der Waals surface area contributed by atoms with Gasteiger partial charge in [-0.15, -0.1) is 0 Å². The number of carbonyl (C=O) groups excluding carboxylic acids is 1. The Morgan fingerprint density at radius 1 is 1.48 bits per heavy atom. The van der Waals surface area contributed by atoms with E-state index in [9.17, 15) is 4.79 Å². The van der Waals surface area contributed by atoms with Gasteiger partial charge < -0.3 is 15.2 Å². The van der Waals surface area contributed by atoms with Gasteiger partial charge in [-0.25, -0.2) is 0 Å². The lowest BCUT2D eigenvalue weighted by Crippen LogP contribution is -2.37. The van der Waals surface area contributed by atoms with E-state index in [0.29, 0.717) is 18.6 Å². The van der Waals surface area contributed by atoms with E-state index in [0.717, 1.165) is 17.5 Å². The van der Waals surface area contributed by atoms with Gasteiger partial charge in [-0.3, -0.25) is 4.79 Å². The number of hydrogen-bond acceptors (Lipinski definition) is 3. The van der Waals surface area contributed by atoms with Crippen molar-refractivity contribution in [3.8, 4) is 11.8 Å². The van der Waals surface area contributed by atoms with Crippen LogP contribution in [0, 0.1) is 18.8 Å². The van der Waals surface area contributed by atoms with Gasteiger partial charge in [0, 0.05) is 24.7 Å². The Morgan fingerprint density at radius 3 is 2.81 bits per heavy atom.